The zero-order valence-corrected chi connectivity index (χ0v) is 23.7. The number of amides is 4. The first-order valence-corrected chi connectivity index (χ1v) is 14.0. The van der Waals surface area contributed by atoms with E-state index in [1.165, 1.54) is 0 Å². The van der Waals surface area contributed by atoms with Crippen LogP contribution in [-0.4, -0.2) is 111 Å². The van der Waals surface area contributed by atoms with Gasteiger partial charge in [0, 0.05) is 63.5 Å². The van der Waals surface area contributed by atoms with Crippen LogP contribution in [0.1, 0.15) is 49.5 Å². The molecule has 1 unspecified atom stereocenters. The van der Waals surface area contributed by atoms with Gasteiger partial charge in [-0.25, -0.2) is 4.79 Å². The van der Waals surface area contributed by atoms with Gasteiger partial charge in [-0.2, -0.15) is 0 Å². The molecule has 12 nitrogen and oxygen atoms in total. The summed E-state index contributed by atoms with van der Waals surface area (Å²) < 4.78 is 16.4. The van der Waals surface area contributed by atoms with Crippen molar-refractivity contribution < 1.29 is 33.4 Å². The van der Waals surface area contributed by atoms with Crippen molar-refractivity contribution in [1.29, 1.82) is 0 Å². The molecule has 2 saturated heterocycles. The maximum absolute atomic E-state index is 12.9. The lowest BCUT2D eigenvalue weighted by Gasteiger charge is -2.36. The molecule has 2 N–H and O–H groups in total. The van der Waals surface area contributed by atoms with Crippen molar-refractivity contribution in [3.8, 4) is 0 Å². The molecule has 12 heteroatoms. The minimum Gasteiger partial charge on any atom is -0.444 e. The van der Waals surface area contributed by atoms with Gasteiger partial charge >= 0.3 is 6.09 Å². The van der Waals surface area contributed by atoms with Gasteiger partial charge in [0.1, 0.15) is 11.6 Å². The van der Waals surface area contributed by atoms with Gasteiger partial charge in [0.25, 0.3) is 5.91 Å². The second-order valence-corrected chi connectivity index (χ2v) is 11.2. The van der Waals surface area contributed by atoms with Crippen molar-refractivity contribution in [2.45, 2.75) is 51.8 Å². The summed E-state index contributed by atoms with van der Waals surface area (Å²) in [4.78, 5) is 54.5. The fraction of sp³-hybridized carbons (Fsp3) is 0.643. The molecule has 4 amide bonds. The SMILES string of the molecule is CC(C)(C)OC(=O)NCCOCCOCCN1CCN(c2ccc3c(c2)CN(C2CCC(=O)NC2=O)C3=O)CC1. The lowest BCUT2D eigenvalue weighted by atomic mass is 10.0. The molecule has 0 bridgehead atoms. The normalized spacial score (nSPS) is 20.0. The minimum atomic E-state index is -0.598. The number of hydrogen-bond acceptors (Lipinski definition) is 9. The van der Waals surface area contributed by atoms with Crippen LogP contribution in [0.2, 0.25) is 0 Å². The van der Waals surface area contributed by atoms with E-state index in [4.69, 9.17) is 14.2 Å². The first kappa shape index (κ1) is 29.8. The summed E-state index contributed by atoms with van der Waals surface area (Å²) in [6.45, 7) is 12.6. The maximum atomic E-state index is 12.9. The highest BCUT2D eigenvalue weighted by Crippen LogP contribution is 2.31. The van der Waals surface area contributed by atoms with E-state index in [1.807, 2.05) is 32.9 Å². The van der Waals surface area contributed by atoms with Crippen LogP contribution in [0.25, 0.3) is 0 Å². The van der Waals surface area contributed by atoms with E-state index in [-0.39, 0.29) is 18.2 Å². The monoisotopic (exact) mass is 559 g/mol. The Bertz CT molecular complexity index is 1080. The molecule has 220 valence electrons. The molecular formula is C28H41N5O7. The summed E-state index contributed by atoms with van der Waals surface area (Å²) >= 11 is 0. The molecule has 3 aliphatic rings. The molecule has 1 aromatic rings. The number of piperazine rings is 1. The van der Waals surface area contributed by atoms with Gasteiger partial charge in [0.05, 0.1) is 26.4 Å². The van der Waals surface area contributed by atoms with Crippen molar-refractivity contribution in [3.63, 3.8) is 0 Å². The van der Waals surface area contributed by atoms with E-state index >= 15 is 0 Å². The third-order valence-corrected chi connectivity index (χ3v) is 7.08. The number of benzene rings is 1. The Morgan fingerprint density at radius 2 is 1.75 bits per heavy atom. The summed E-state index contributed by atoms with van der Waals surface area (Å²) in [6.07, 6.45) is 0.165. The molecule has 1 atom stereocenters. The number of carbonyl (C=O) groups excluding carboxylic acids is 4. The molecule has 3 aliphatic heterocycles. The number of hydrogen-bond donors (Lipinski definition) is 2. The van der Waals surface area contributed by atoms with Crippen LogP contribution in [0.4, 0.5) is 10.5 Å². The zero-order chi connectivity index (χ0) is 28.7. The van der Waals surface area contributed by atoms with Gasteiger partial charge in [-0.15, -0.1) is 0 Å². The number of imide groups is 1. The average molecular weight is 560 g/mol. The lowest BCUT2D eigenvalue weighted by molar-refractivity contribution is -0.136. The van der Waals surface area contributed by atoms with E-state index in [9.17, 15) is 19.2 Å². The van der Waals surface area contributed by atoms with E-state index in [2.05, 4.69) is 26.5 Å². The average Bonchev–Trinajstić information content (AvgIpc) is 3.22. The second kappa shape index (κ2) is 13.4. The number of nitrogens with one attached hydrogen (secondary N) is 2. The van der Waals surface area contributed by atoms with E-state index in [0.717, 1.165) is 44.0 Å². The van der Waals surface area contributed by atoms with Crippen molar-refractivity contribution in [2.75, 3.05) is 70.6 Å². The first-order chi connectivity index (χ1) is 19.1. The zero-order valence-electron chi connectivity index (χ0n) is 23.7. The molecule has 1 aromatic carbocycles. The fourth-order valence-corrected chi connectivity index (χ4v) is 5.04. The van der Waals surface area contributed by atoms with E-state index < -0.39 is 23.6 Å². The molecule has 2 fully saturated rings. The molecule has 0 radical (unpaired) electrons. The number of nitrogens with zero attached hydrogens (tertiary/aromatic N) is 3. The smallest absolute Gasteiger partial charge is 0.407 e. The Morgan fingerprint density at radius 1 is 1.02 bits per heavy atom. The third kappa shape index (κ3) is 8.15. The summed E-state index contributed by atoms with van der Waals surface area (Å²) in [7, 11) is 0. The van der Waals surface area contributed by atoms with Crippen LogP contribution in [0, 0.1) is 0 Å². The van der Waals surface area contributed by atoms with Crippen LogP contribution in [-0.2, 0) is 30.3 Å². The lowest BCUT2D eigenvalue weighted by Crippen LogP contribution is -2.52. The van der Waals surface area contributed by atoms with Crippen LogP contribution in [0.5, 0.6) is 0 Å². The van der Waals surface area contributed by atoms with Gasteiger partial charge in [-0.1, -0.05) is 0 Å². The number of ether oxygens (including phenoxy) is 3. The number of fused-ring (bicyclic) bond motifs is 1. The summed E-state index contributed by atoms with van der Waals surface area (Å²) in [6, 6.07) is 5.29. The quantitative estimate of drug-likeness (QED) is 0.303. The molecule has 0 aromatic heterocycles. The van der Waals surface area contributed by atoms with Gasteiger partial charge in [0.15, 0.2) is 0 Å². The molecule has 4 rings (SSSR count). The fourth-order valence-electron chi connectivity index (χ4n) is 5.04. The topological polar surface area (TPSA) is 130 Å². The Labute approximate surface area is 235 Å². The van der Waals surface area contributed by atoms with Crippen molar-refractivity contribution in [3.05, 3.63) is 29.3 Å². The van der Waals surface area contributed by atoms with Crippen LogP contribution in [0.3, 0.4) is 0 Å². The van der Waals surface area contributed by atoms with Gasteiger partial charge in [0.2, 0.25) is 11.8 Å². The van der Waals surface area contributed by atoms with Crippen LogP contribution in [0.15, 0.2) is 18.2 Å². The van der Waals surface area contributed by atoms with Crippen LogP contribution < -0.4 is 15.5 Å². The summed E-state index contributed by atoms with van der Waals surface area (Å²) in [5.41, 5.74) is 2.11. The van der Waals surface area contributed by atoms with Crippen molar-refractivity contribution in [2.24, 2.45) is 0 Å². The predicted octanol–water partition coefficient (Wildman–Crippen LogP) is 1.13. The first-order valence-electron chi connectivity index (χ1n) is 14.0. The molecule has 0 spiro atoms. The van der Waals surface area contributed by atoms with E-state index in [0.29, 0.717) is 51.5 Å². The number of alkyl carbamates (subject to hydrolysis) is 1. The number of rotatable bonds is 11. The molecule has 40 heavy (non-hydrogen) atoms. The molecular weight excluding hydrogens is 518 g/mol. The Morgan fingerprint density at radius 3 is 2.45 bits per heavy atom. The highest BCUT2D eigenvalue weighted by atomic mass is 16.6. The minimum absolute atomic E-state index is 0.149. The third-order valence-electron chi connectivity index (χ3n) is 7.08. The molecule has 3 heterocycles. The Hall–Kier alpha value is -3.22. The van der Waals surface area contributed by atoms with Gasteiger partial charge in [-0.3, -0.25) is 24.6 Å². The van der Waals surface area contributed by atoms with Crippen LogP contribution >= 0.6 is 0 Å². The highest BCUT2D eigenvalue weighted by molar-refractivity contribution is 6.05. The Kier molecular flexibility index (Phi) is 9.99. The number of piperidine rings is 1. The highest BCUT2D eigenvalue weighted by Gasteiger charge is 2.39. The summed E-state index contributed by atoms with van der Waals surface area (Å²) in [5.74, 6) is -0.824. The molecule has 0 aliphatic carbocycles. The van der Waals surface area contributed by atoms with Gasteiger partial charge in [-0.05, 0) is 51.0 Å². The molecule has 0 saturated carbocycles. The summed E-state index contributed by atoms with van der Waals surface area (Å²) in [5, 5.41) is 5.00. The number of carbonyl (C=O) groups is 4. The Balaban J connectivity index is 1.10. The van der Waals surface area contributed by atoms with Crippen molar-refractivity contribution in [1.82, 2.24) is 20.4 Å². The van der Waals surface area contributed by atoms with Crippen molar-refractivity contribution >= 4 is 29.5 Å². The van der Waals surface area contributed by atoms with E-state index in [1.54, 1.807) is 4.90 Å². The predicted molar refractivity (Wildman–Crippen MR) is 147 cm³/mol. The van der Waals surface area contributed by atoms with Gasteiger partial charge < -0.3 is 29.3 Å². The largest absolute Gasteiger partial charge is 0.444 e. The standard InChI is InChI=1S/C28H41N5O7/c1-28(2,3)40-27(37)29-8-14-38-16-17-39-15-13-31-9-11-32(12-10-31)21-4-5-22-20(18-21)19-33(26(22)36)23-6-7-24(34)30-25(23)35/h4-5,18,23H,6-17,19H2,1-3H3,(H,29,37)(H,30,34,35). The maximum Gasteiger partial charge on any atom is 0.407 e. The number of anilines is 1. The second-order valence-electron chi connectivity index (χ2n) is 11.2.